The number of hydrogen-bond donors (Lipinski definition) is 0. The third kappa shape index (κ3) is 4.98. The van der Waals surface area contributed by atoms with Gasteiger partial charge in [0.15, 0.2) is 0 Å². The van der Waals surface area contributed by atoms with E-state index in [-0.39, 0.29) is 12.7 Å². The van der Waals surface area contributed by atoms with E-state index in [1.54, 1.807) is 4.90 Å². The number of ether oxygens (including phenoxy) is 2. The Labute approximate surface area is 200 Å². The summed E-state index contributed by atoms with van der Waals surface area (Å²) in [5, 5.41) is 0. The number of hydrogen-bond acceptors (Lipinski definition) is 6. The van der Waals surface area contributed by atoms with E-state index in [4.69, 9.17) is 19.4 Å². The molecule has 3 aromatic rings. The summed E-state index contributed by atoms with van der Waals surface area (Å²) in [5.41, 5.74) is 3.80. The molecule has 0 aliphatic carbocycles. The van der Waals surface area contributed by atoms with Crippen LogP contribution in [0.2, 0.25) is 0 Å². The standard InChI is InChI=1S/C27H30N4O3/c1-20-10-6-7-13-24(20)34-25-22-18-31(27(32)33-19-21-11-4-2-5-12-21)17-14-23(22)28-26(29-25)30-15-8-3-9-16-30/h2,4-7,10-13H,3,8-9,14-19H2,1H3. The predicted molar refractivity (Wildman–Crippen MR) is 130 cm³/mol. The summed E-state index contributed by atoms with van der Waals surface area (Å²) in [6.45, 7) is 5.11. The molecule has 0 bridgehead atoms. The van der Waals surface area contributed by atoms with Crippen molar-refractivity contribution in [1.29, 1.82) is 0 Å². The Balaban J connectivity index is 1.39. The summed E-state index contributed by atoms with van der Waals surface area (Å²) < 4.78 is 11.9. The number of para-hydroxylation sites is 1. The van der Waals surface area contributed by atoms with Crippen molar-refractivity contribution in [1.82, 2.24) is 14.9 Å². The fourth-order valence-corrected chi connectivity index (χ4v) is 4.43. The van der Waals surface area contributed by atoms with Gasteiger partial charge in [-0.05, 0) is 43.4 Å². The van der Waals surface area contributed by atoms with Gasteiger partial charge in [-0.2, -0.15) is 4.98 Å². The molecule has 34 heavy (non-hydrogen) atoms. The number of nitrogens with zero attached hydrogens (tertiary/aromatic N) is 4. The van der Waals surface area contributed by atoms with E-state index in [2.05, 4.69) is 4.90 Å². The second kappa shape index (κ2) is 10.1. The first kappa shape index (κ1) is 22.2. The van der Waals surface area contributed by atoms with Gasteiger partial charge in [-0.3, -0.25) is 0 Å². The lowest BCUT2D eigenvalue weighted by Crippen LogP contribution is -2.38. The molecule has 1 aromatic heterocycles. The molecule has 1 saturated heterocycles. The molecule has 0 spiro atoms. The molecule has 0 atom stereocenters. The Hall–Kier alpha value is -3.61. The zero-order valence-corrected chi connectivity index (χ0v) is 19.6. The van der Waals surface area contributed by atoms with Crippen LogP contribution in [-0.2, 0) is 24.3 Å². The van der Waals surface area contributed by atoms with Crippen molar-refractivity contribution in [2.75, 3.05) is 24.5 Å². The molecule has 3 heterocycles. The second-order valence-corrected chi connectivity index (χ2v) is 8.88. The highest BCUT2D eigenvalue weighted by molar-refractivity contribution is 5.68. The first-order chi connectivity index (χ1) is 16.7. The van der Waals surface area contributed by atoms with Gasteiger partial charge >= 0.3 is 6.09 Å². The number of fused-ring (bicyclic) bond motifs is 1. The molecule has 2 aliphatic heterocycles. The van der Waals surface area contributed by atoms with Crippen molar-refractivity contribution in [2.45, 2.75) is 45.8 Å². The van der Waals surface area contributed by atoms with Crippen LogP contribution in [0.15, 0.2) is 54.6 Å². The van der Waals surface area contributed by atoms with Gasteiger partial charge in [0.05, 0.1) is 17.8 Å². The van der Waals surface area contributed by atoms with Crippen molar-refractivity contribution < 1.29 is 14.3 Å². The monoisotopic (exact) mass is 458 g/mol. The van der Waals surface area contributed by atoms with Crippen LogP contribution >= 0.6 is 0 Å². The van der Waals surface area contributed by atoms with E-state index < -0.39 is 0 Å². The van der Waals surface area contributed by atoms with Gasteiger partial charge in [-0.25, -0.2) is 9.78 Å². The van der Waals surface area contributed by atoms with Gasteiger partial charge in [-0.15, -0.1) is 0 Å². The molecular formula is C27H30N4O3. The number of rotatable bonds is 5. The molecule has 5 rings (SSSR count). The molecule has 7 heteroatoms. The van der Waals surface area contributed by atoms with Crippen molar-refractivity contribution in [3.05, 3.63) is 77.0 Å². The number of aryl methyl sites for hydroxylation is 1. The summed E-state index contributed by atoms with van der Waals surface area (Å²) in [6, 6.07) is 17.6. The smallest absolute Gasteiger partial charge is 0.410 e. The highest BCUT2D eigenvalue weighted by Gasteiger charge is 2.29. The van der Waals surface area contributed by atoms with Crippen LogP contribution in [0, 0.1) is 6.92 Å². The van der Waals surface area contributed by atoms with Gasteiger partial charge in [-0.1, -0.05) is 48.5 Å². The number of benzene rings is 2. The Bertz CT molecular complexity index is 1150. The Morgan fingerprint density at radius 1 is 0.941 bits per heavy atom. The van der Waals surface area contributed by atoms with E-state index in [9.17, 15) is 4.79 Å². The molecular weight excluding hydrogens is 428 g/mol. The number of piperidine rings is 1. The maximum atomic E-state index is 12.8. The normalized spacial score (nSPS) is 15.6. The lowest BCUT2D eigenvalue weighted by Gasteiger charge is -2.31. The summed E-state index contributed by atoms with van der Waals surface area (Å²) in [4.78, 5) is 26.5. The highest BCUT2D eigenvalue weighted by Crippen LogP contribution is 2.33. The number of anilines is 1. The summed E-state index contributed by atoms with van der Waals surface area (Å²) in [6.07, 6.45) is 3.85. The summed E-state index contributed by atoms with van der Waals surface area (Å²) in [7, 11) is 0. The maximum Gasteiger partial charge on any atom is 0.410 e. The number of carbonyl (C=O) groups is 1. The predicted octanol–water partition coefficient (Wildman–Crippen LogP) is 5.26. The molecule has 0 unspecified atom stereocenters. The van der Waals surface area contributed by atoms with E-state index in [1.807, 2.05) is 61.5 Å². The lowest BCUT2D eigenvalue weighted by atomic mass is 10.1. The Kier molecular flexibility index (Phi) is 6.60. The minimum atomic E-state index is -0.337. The third-order valence-corrected chi connectivity index (χ3v) is 6.41. The topological polar surface area (TPSA) is 67.8 Å². The number of carbonyl (C=O) groups excluding carboxylic acids is 1. The van der Waals surface area contributed by atoms with Gasteiger partial charge < -0.3 is 19.3 Å². The highest BCUT2D eigenvalue weighted by atomic mass is 16.6. The van der Waals surface area contributed by atoms with Crippen molar-refractivity contribution in [3.63, 3.8) is 0 Å². The van der Waals surface area contributed by atoms with E-state index in [0.717, 1.165) is 60.0 Å². The van der Waals surface area contributed by atoms with Crippen molar-refractivity contribution >= 4 is 12.0 Å². The fourth-order valence-electron chi connectivity index (χ4n) is 4.43. The quantitative estimate of drug-likeness (QED) is 0.519. The first-order valence-electron chi connectivity index (χ1n) is 12.0. The van der Waals surface area contributed by atoms with Gasteiger partial charge in [0.1, 0.15) is 12.4 Å². The molecule has 2 aromatic carbocycles. The first-order valence-corrected chi connectivity index (χ1v) is 12.0. The SMILES string of the molecule is Cc1ccccc1Oc1nc(N2CCCCC2)nc2c1CN(C(=O)OCc1ccccc1)CC2. The third-order valence-electron chi connectivity index (χ3n) is 6.41. The molecule has 176 valence electrons. The maximum absolute atomic E-state index is 12.8. The van der Waals surface area contributed by atoms with Gasteiger partial charge in [0.2, 0.25) is 11.8 Å². The molecule has 1 amide bonds. The minimum absolute atomic E-state index is 0.250. The van der Waals surface area contributed by atoms with Crippen molar-refractivity contribution in [3.8, 4) is 11.6 Å². The van der Waals surface area contributed by atoms with Crippen LogP contribution in [0.4, 0.5) is 10.7 Å². The molecule has 0 radical (unpaired) electrons. The molecule has 1 fully saturated rings. The average molecular weight is 459 g/mol. The molecule has 0 N–H and O–H groups in total. The fraction of sp³-hybridized carbons (Fsp3) is 0.370. The number of aromatic nitrogens is 2. The second-order valence-electron chi connectivity index (χ2n) is 8.88. The van der Waals surface area contributed by atoms with E-state index in [1.165, 1.54) is 6.42 Å². The zero-order valence-electron chi connectivity index (χ0n) is 19.6. The van der Waals surface area contributed by atoms with E-state index in [0.29, 0.717) is 25.4 Å². The van der Waals surface area contributed by atoms with Gasteiger partial charge in [0.25, 0.3) is 0 Å². The lowest BCUT2D eigenvalue weighted by molar-refractivity contribution is 0.0912. The van der Waals surface area contributed by atoms with Crippen LogP contribution in [0.5, 0.6) is 11.6 Å². The Morgan fingerprint density at radius 2 is 1.71 bits per heavy atom. The van der Waals surface area contributed by atoms with Crippen LogP contribution in [0.25, 0.3) is 0 Å². The summed E-state index contributed by atoms with van der Waals surface area (Å²) >= 11 is 0. The van der Waals surface area contributed by atoms with Crippen molar-refractivity contribution in [2.24, 2.45) is 0 Å². The zero-order chi connectivity index (χ0) is 23.3. The van der Waals surface area contributed by atoms with Crippen LogP contribution in [0.1, 0.15) is 41.6 Å². The van der Waals surface area contributed by atoms with Crippen LogP contribution < -0.4 is 9.64 Å². The molecule has 7 nitrogen and oxygen atoms in total. The minimum Gasteiger partial charge on any atom is -0.445 e. The Morgan fingerprint density at radius 3 is 2.50 bits per heavy atom. The summed E-state index contributed by atoms with van der Waals surface area (Å²) in [5.74, 6) is 2.01. The average Bonchev–Trinajstić information content (AvgIpc) is 2.89. The largest absolute Gasteiger partial charge is 0.445 e. The molecule has 2 aliphatic rings. The molecule has 0 saturated carbocycles. The van der Waals surface area contributed by atoms with E-state index >= 15 is 0 Å². The van der Waals surface area contributed by atoms with Gasteiger partial charge in [0, 0.05) is 26.1 Å². The van der Waals surface area contributed by atoms with Crippen LogP contribution in [-0.4, -0.2) is 40.6 Å². The van der Waals surface area contributed by atoms with Crippen LogP contribution in [0.3, 0.4) is 0 Å². The number of amides is 1.